The van der Waals surface area contributed by atoms with Gasteiger partial charge in [0.25, 0.3) is 0 Å². The summed E-state index contributed by atoms with van der Waals surface area (Å²) in [6.07, 6.45) is 6.85. The van der Waals surface area contributed by atoms with Crippen molar-refractivity contribution in [1.29, 1.82) is 0 Å². The van der Waals surface area contributed by atoms with Gasteiger partial charge in [0.1, 0.15) is 0 Å². The van der Waals surface area contributed by atoms with E-state index in [1.54, 1.807) is 0 Å². The Labute approximate surface area is 68.4 Å². The molecule has 0 saturated carbocycles. The van der Waals surface area contributed by atoms with Crippen molar-refractivity contribution in [2.45, 2.75) is 27.7 Å². The summed E-state index contributed by atoms with van der Waals surface area (Å²) < 4.78 is 0. The minimum Gasteiger partial charge on any atom is -0.146 e. The van der Waals surface area contributed by atoms with Crippen LogP contribution in [0.15, 0.2) is 22.0 Å². The molecule has 0 aromatic carbocycles. The second-order valence-corrected chi connectivity index (χ2v) is 3.25. The van der Waals surface area contributed by atoms with Crippen LogP contribution in [0.5, 0.6) is 0 Å². The number of terminal acetylenes is 1. The molecule has 2 nitrogen and oxygen atoms in total. The first kappa shape index (κ1) is 9.90. The molecule has 0 aromatic rings. The molecule has 0 N–H and O–H groups in total. The van der Waals surface area contributed by atoms with E-state index in [2.05, 4.69) is 37.0 Å². The smallest absolute Gasteiger partial charge is 0.0649 e. The largest absolute Gasteiger partial charge is 0.146 e. The Morgan fingerprint density at radius 1 is 1.45 bits per heavy atom. The van der Waals surface area contributed by atoms with Gasteiger partial charge in [-0.1, -0.05) is 38.4 Å². The third kappa shape index (κ3) is 3.57. The number of hydrogen-bond acceptors (Lipinski definition) is 2. The summed E-state index contributed by atoms with van der Waals surface area (Å²) in [5.74, 6) is 0. The van der Waals surface area contributed by atoms with E-state index in [0.29, 0.717) is 0 Å². The van der Waals surface area contributed by atoms with Crippen LogP contribution in [0.25, 0.3) is 0 Å². The van der Waals surface area contributed by atoms with E-state index in [0.717, 1.165) is 5.70 Å². The zero-order valence-electron chi connectivity index (χ0n) is 7.55. The van der Waals surface area contributed by atoms with Crippen LogP contribution in [-0.4, -0.2) is 0 Å². The van der Waals surface area contributed by atoms with Crippen LogP contribution in [-0.2, 0) is 0 Å². The van der Waals surface area contributed by atoms with Crippen LogP contribution >= 0.6 is 0 Å². The Balaban J connectivity index is 4.49. The second kappa shape index (κ2) is 3.92. The zero-order valence-corrected chi connectivity index (χ0v) is 7.55. The van der Waals surface area contributed by atoms with Gasteiger partial charge in [0.15, 0.2) is 0 Å². The summed E-state index contributed by atoms with van der Waals surface area (Å²) in [7, 11) is 0. The number of hydrogen-bond donors (Lipinski definition) is 0. The van der Waals surface area contributed by atoms with E-state index < -0.39 is 0 Å². The van der Waals surface area contributed by atoms with Crippen molar-refractivity contribution in [2.75, 3.05) is 0 Å². The van der Waals surface area contributed by atoms with Gasteiger partial charge in [-0.25, -0.2) is 0 Å². The topological polar surface area (TPSA) is 24.7 Å². The van der Waals surface area contributed by atoms with Gasteiger partial charge in [0.05, 0.1) is 11.7 Å². The van der Waals surface area contributed by atoms with Gasteiger partial charge >= 0.3 is 0 Å². The maximum absolute atomic E-state index is 4.94. The highest BCUT2D eigenvalue weighted by Gasteiger charge is 2.15. The lowest BCUT2D eigenvalue weighted by molar-refractivity contribution is 0.492. The Morgan fingerprint density at radius 2 is 2.00 bits per heavy atom. The van der Waals surface area contributed by atoms with E-state index in [1.165, 1.54) is 0 Å². The Hall–Kier alpha value is -1.10. The van der Waals surface area contributed by atoms with Gasteiger partial charge in [-0.05, 0) is 6.92 Å². The van der Waals surface area contributed by atoms with Crippen LogP contribution < -0.4 is 0 Å². The fourth-order valence-corrected chi connectivity index (χ4v) is 0.723. The van der Waals surface area contributed by atoms with E-state index in [1.807, 2.05) is 13.0 Å². The summed E-state index contributed by atoms with van der Waals surface area (Å²) in [6.45, 7) is 8.13. The van der Waals surface area contributed by atoms with Gasteiger partial charge < -0.3 is 0 Å². The fraction of sp³-hybridized carbons (Fsp3) is 0.556. The fourth-order valence-electron chi connectivity index (χ4n) is 0.723. The Bertz CT molecular complexity index is 211. The van der Waals surface area contributed by atoms with Crippen molar-refractivity contribution in [3.63, 3.8) is 0 Å². The molecule has 0 spiro atoms. The van der Waals surface area contributed by atoms with Gasteiger partial charge in [0, 0.05) is 5.41 Å². The molecule has 0 radical (unpaired) electrons. The van der Waals surface area contributed by atoms with Crippen molar-refractivity contribution in [2.24, 2.45) is 15.6 Å². The third-order valence-corrected chi connectivity index (χ3v) is 1.26. The molecular formula is C9H14N2. The van der Waals surface area contributed by atoms with E-state index in [-0.39, 0.29) is 5.41 Å². The van der Waals surface area contributed by atoms with Crippen LogP contribution in [0, 0.1) is 17.9 Å². The highest BCUT2D eigenvalue weighted by molar-refractivity contribution is 5.07. The lowest BCUT2D eigenvalue weighted by atomic mass is 9.92. The summed E-state index contributed by atoms with van der Waals surface area (Å²) in [5.41, 5.74) is 0.935. The monoisotopic (exact) mass is 150 g/mol. The molecule has 0 fully saturated rings. The zero-order chi connectivity index (χ0) is 8.91. The summed E-state index contributed by atoms with van der Waals surface area (Å²) in [5, 5.41) is 7.38. The first-order valence-electron chi connectivity index (χ1n) is 3.55. The summed E-state index contributed by atoms with van der Waals surface area (Å²) >= 11 is 0. The van der Waals surface area contributed by atoms with Gasteiger partial charge in [-0.15, -0.1) is 5.11 Å². The lowest BCUT2D eigenvalue weighted by Crippen LogP contribution is -2.06. The van der Waals surface area contributed by atoms with Gasteiger partial charge in [0.2, 0.25) is 0 Å². The second-order valence-electron chi connectivity index (χ2n) is 3.25. The molecule has 0 aliphatic carbocycles. The molecule has 2 heteroatoms. The van der Waals surface area contributed by atoms with Crippen LogP contribution in [0.4, 0.5) is 0 Å². The predicted molar refractivity (Wildman–Crippen MR) is 46.9 cm³/mol. The molecule has 0 aromatic heterocycles. The first-order chi connectivity index (χ1) is 5.02. The SMILES string of the molecule is C#C/N=N\C(=C/C)C(C)(C)C. The number of allylic oxidation sites excluding steroid dienone is 2. The number of nitrogens with zero attached hydrogens (tertiary/aromatic N) is 2. The number of rotatable bonds is 1. The third-order valence-electron chi connectivity index (χ3n) is 1.26. The standard InChI is InChI=1S/C9H14N2/c1-6-8(9(3,4)5)11-10-7-2/h2,6H,1,3-5H3/b8-6-,11-10-. The summed E-state index contributed by atoms with van der Waals surface area (Å²) in [4.78, 5) is 0. The molecule has 0 bridgehead atoms. The minimum atomic E-state index is 0.0229. The molecule has 0 saturated heterocycles. The molecule has 0 atom stereocenters. The summed E-state index contributed by atoms with van der Waals surface area (Å²) in [6, 6.07) is 2.12. The van der Waals surface area contributed by atoms with Crippen LogP contribution in [0.3, 0.4) is 0 Å². The predicted octanol–water partition coefficient (Wildman–Crippen LogP) is 2.98. The molecule has 0 unspecified atom stereocenters. The van der Waals surface area contributed by atoms with Crippen molar-refractivity contribution < 1.29 is 0 Å². The van der Waals surface area contributed by atoms with Crippen molar-refractivity contribution >= 4 is 0 Å². The number of azo groups is 1. The minimum absolute atomic E-state index is 0.0229. The van der Waals surface area contributed by atoms with Gasteiger partial charge in [-0.3, -0.25) is 0 Å². The van der Waals surface area contributed by atoms with Crippen LogP contribution in [0.2, 0.25) is 0 Å². The molecule has 0 heterocycles. The van der Waals surface area contributed by atoms with E-state index in [4.69, 9.17) is 6.42 Å². The molecule has 0 aliphatic heterocycles. The molecule has 0 rings (SSSR count). The molecular weight excluding hydrogens is 136 g/mol. The average molecular weight is 150 g/mol. The maximum atomic E-state index is 4.94. The van der Waals surface area contributed by atoms with Crippen molar-refractivity contribution in [3.05, 3.63) is 11.8 Å². The molecule has 11 heavy (non-hydrogen) atoms. The average Bonchev–Trinajstić information content (AvgIpc) is 1.87. The molecule has 0 amide bonds. The van der Waals surface area contributed by atoms with E-state index in [9.17, 15) is 0 Å². The Morgan fingerprint density at radius 3 is 2.27 bits per heavy atom. The quantitative estimate of drug-likeness (QED) is 0.405. The maximum Gasteiger partial charge on any atom is 0.0649 e. The lowest BCUT2D eigenvalue weighted by Gasteiger charge is -2.16. The van der Waals surface area contributed by atoms with E-state index >= 15 is 0 Å². The highest BCUT2D eigenvalue weighted by Crippen LogP contribution is 2.25. The highest BCUT2D eigenvalue weighted by atomic mass is 15.1. The molecule has 0 aliphatic rings. The van der Waals surface area contributed by atoms with Crippen molar-refractivity contribution in [3.8, 4) is 12.5 Å². The normalized spacial score (nSPS) is 13.5. The van der Waals surface area contributed by atoms with Crippen LogP contribution in [0.1, 0.15) is 27.7 Å². The van der Waals surface area contributed by atoms with Crippen molar-refractivity contribution in [1.82, 2.24) is 0 Å². The first-order valence-corrected chi connectivity index (χ1v) is 3.55. The Kier molecular flexibility index (Phi) is 3.53. The molecule has 60 valence electrons. The van der Waals surface area contributed by atoms with Gasteiger partial charge in [-0.2, -0.15) is 0 Å².